The Morgan fingerprint density at radius 2 is 2.25 bits per heavy atom. The third-order valence-electron chi connectivity index (χ3n) is 3.25. The van der Waals surface area contributed by atoms with Gasteiger partial charge in [0.05, 0.1) is 11.8 Å². The highest BCUT2D eigenvalue weighted by Gasteiger charge is 2.34. The van der Waals surface area contributed by atoms with Gasteiger partial charge in [-0.2, -0.15) is 0 Å². The quantitative estimate of drug-likeness (QED) is 0.467. The summed E-state index contributed by atoms with van der Waals surface area (Å²) in [5, 5.41) is 9.00. The number of carboxylic acid groups (broad SMARTS) is 1. The Morgan fingerprint density at radius 3 is 2.80 bits per heavy atom. The molecule has 0 bridgehead atoms. The Morgan fingerprint density at radius 1 is 1.55 bits per heavy atom. The first kappa shape index (κ1) is 14.1. The zero-order valence-corrected chi connectivity index (χ0v) is 11.2. The van der Waals surface area contributed by atoms with E-state index in [2.05, 4.69) is 0 Å². The van der Waals surface area contributed by atoms with Crippen molar-refractivity contribution >= 4 is 18.0 Å². The van der Waals surface area contributed by atoms with Crippen molar-refractivity contribution in [2.24, 2.45) is 0 Å². The SMILES string of the molecule is CC1=CC(O/C=C2\CCC(C)N(C(=O)O)C2=O)OC1=O. The topological polar surface area (TPSA) is 93.1 Å². The van der Waals surface area contributed by atoms with Gasteiger partial charge in [-0.3, -0.25) is 4.79 Å². The molecular formula is C13H15NO6. The summed E-state index contributed by atoms with van der Waals surface area (Å²) in [6, 6.07) is -0.358. The maximum absolute atomic E-state index is 12.0. The summed E-state index contributed by atoms with van der Waals surface area (Å²) in [7, 11) is 0. The molecule has 0 aromatic heterocycles. The minimum absolute atomic E-state index is 0.250. The van der Waals surface area contributed by atoms with E-state index in [1.54, 1.807) is 13.8 Å². The number of rotatable bonds is 2. The molecule has 0 saturated carbocycles. The van der Waals surface area contributed by atoms with Crippen LogP contribution in [0.5, 0.6) is 0 Å². The average Bonchev–Trinajstić information content (AvgIpc) is 2.67. The third-order valence-corrected chi connectivity index (χ3v) is 3.25. The second-order valence-corrected chi connectivity index (χ2v) is 4.75. The van der Waals surface area contributed by atoms with Crippen molar-refractivity contribution in [1.29, 1.82) is 0 Å². The third kappa shape index (κ3) is 2.66. The predicted octanol–water partition coefficient (Wildman–Crippen LogP) is 1.41. The highest BCUT2D eigenvalue weighted by molar-refractivity contribution is 6.02. The first-order valence-corrected chi connectivity index (χ1v) is 6.20. The van der Waals surface area contributed by atoms with Crippen LogP contribution >= 0.6 is 0 Å². The smallest absolute Gasteiger partial charge is 0.414 e. The van der Waals surface area contributed by atoms with Crippen LogP contribution in [0.1, 0.15) is 26.7 Å². The van der Waals surface area contributed by atoms with Crippen LogP contribution in [0.4, 0.5) is 4.79 Å². The van der Waals surface area contributed by atoms with Gasteiger partial charge in [0.15, 0.2) is 0 Å². The van der Waals surface area contributed by atoms with Crippen LogP contribution in [-0.4, -0.2) is 40.3 Å². The fourth-order valence-corrected chi connectivity index (χ4v) is 2.06. The van der Waals surface area contributed by atoms with Gasteiger partial charge in [0.2, 0.25) is 0 Å². The van der Waals surface area contributed by atoms with Gasteiger partial charge in [-0.25, -0.2) is 14.5 Å². The lowest BCUT2D eigenvalue weighted by atomic mass is 9.99. The Hall–Kier alpha value is -2.31. The number of carbonyl (C=O) groups excluding carboxylic acids is 2. The van der Waals surface area contributed by atoms with Gasteiger partial charge >= 0.3 is 12.1 Å². The average molecular weight is 281 g/mol. The maximum Gasteiger partial charge on any atom is 0.414 e. The molecule has 1 saturated heterocycles. The number of likely N-dealkylation sites (tertiary alicyclic amines) is 1. The van der Waals surface area contributed by atoms with Gasteiger partial charge in [-0.05, 0) is 26.7 Å². The molecule has 0 radical (unpaired) electrons. The zero-order chi connectivity index (χ0) is 14.9. The van der Waals surface area contributed by atoms with Gasteiger partial charge in [-0.15, -0.1) is 0 Å². The summed E-state index contributed by atoms with van der Waals surface area (Å²) in [5.41, 5.74) is 0.684. The largest absolute Gasteiger partial charge is 0.465 e. The molecule has 0 aliphatic carbocycles. The monoisotopic (exact) mass is 281 g/mol. The molecule has 2 aliphatic rings. The number of amides is 2. The second kappa shape index (κ2) is 5.36. The van der Waals surface area contributed by atoms with Crippen LogP contribution in [-0.2, 0) is 19.1 Å². The summed E-state index contributed by atoms with van der Waals surface area (Å²) in [6.45, 7) is 3.27. The Bertz CT molecular complexity index is 521. The molecule has 7 heteroatoms. The molecule has 7 nitrogen and oxygen atoms in total. The van der Waals surface area contributed by atoms with Crippen molar-refractivity contribution in [3.05, 3.63) is 23.5 Å². The van der Waals surface area contributed by atoms with E-state index in [4.69, 9.17) is 14.6 Å². The van der Waals surface area contributed by atoms with E-state index in [-0.39, 0.29) is 11.6 Å². The normalized spacial score (nSPS) is 28.4. The number of piperidine rings is 1. The lowest BCUT2D eigenvalue weighted by molar-refractivity contribution is -0.152. The maximum atomic E-state index is 12.0. The van der Waals surface area contributed by atoms with E-state index < -0.39 is 24.3 Å². The van der Waals surface area contributed by atoms with Crippen molar-refractivity contribution in [1.82, 2.24) is 4.90 Å². The summed E-state index contributed by atoms with van der Waals surface area (Å²) >= 11 is 0. The van der Waals surface area contributed by atoms with Gasteiger partial charge in [-0.1, -0.05) is 0 Å². The summed E-state index contributed by atoms with van der Waals surface area (Å²) < 4.78 is 10.1. The fourth-order valence-electron chi connectivity index (χ4n) is 2.06. The molecule has 2 atom stereocenters. The van der Waals surface area contributed by atoms with E-state index in [0.29, 0.717) is 18.4 Å². The molecular weight excluding hydrogens is 266 g/mol. The molecule has 0 spiro atoms. The molecule has 108 valence electrons. The Labute approximate surface area is 115 Å². The van der Waals surface area contributed by atoms with E-state index in [1.165, 1.54) is 12.3 Å². The van der Waals surface area contributed by atoms with Gasteiger partial charge in [0, 0.05) is 17.7 Å². The number of hydrogen-bond donors (Lipinski definition) is 1. The van der Waals surface area contributed by atoms with Crippen molar-refractivity contribution in [3.8, 4) is 0 Å². The van der Waals surface area contributed by atoms with Gasteiger partial charge < -0.3 is 14.6 Å². The standard InChI is InChI=1S/C13H15NO6/c1-7-5-10(20-12(7)16)19-6-9-4-3-8(2)14(11(9)15)13(17)18/h5-6,8,10H,3-4H2,1-2H3,(H,17,18)/b9-6+. The number of esters is 1. The lowest BCUT2D eigenvalue weighted by Crippen LogP contribution is -2.46. The van der Waals surface area contributed by atoms with Crippen LogP contribution in [0.2, 0.25) is 0 Å². The zero-order valence-electron chi connectivity index (χ0n) is 11.2. The van der Waals surface area contributed by atoms with Crippen LogP contribution in [0.25, 0.3) is 0 Å². The highest BCUT2D eigenvalue weighted by Crippen LogP contribution is 2.24. The van der Waals surface area contributed by atoms with E-state index in [0.717, 1.165) is 4.90 Å². The van der Waals surface area contributed by atoms with Crippen molar-refractivity contribution in [3.63, 3.8) is 0 Å². The van der Waals surface area contributed by atoms with Gasteiger partial charge in [0.25, 0.3) is 12.2 Å². The van der Waals surface area contributed by atoms with E-state index in [1.807, 2.05) is 0 Å². The van der Waals surface area contributed by atoms with Crippen LogP contribution in [0.3, 0.4) is 0 Å². The first-order chi connectivity index (χ1) is 9.40. The molecule has 0 aromatic rings. The van der Waals surface area contributed by atoms with E-state index in [9.17, 15) is 14.4 Å². The molecule has 1 fully saturated rings. The Balaban J connectivity index is 2.05. The first-order valence-electron chi connectivity index (χ1n) is 6.20. The molecule has 2 unspecified atom stereocenters. The molecule has 0 aromatic carbocycles. The van der Waals surface area contributed by atoms with E-state index >= 15 is 0 Å². The molecule has 2 amide bonds. The van der Waals surface area contributed by atoms with Crippen LogP contribution in [0, 0.1) is 0 Å². The number of carbonyl (C=O) groups is 3. The number of nitrogens with zero attached hydrogens (tertiary/aromatic N) is 1. The minimum atomic E-state index is -1.28. The number of ether oxygens (including phenoxy) is 2. The predicted molar refractivity (Wildman–Crippen MR) is 66.4 cm³/mol. The number of cyclic esters (lactones) is 1. The molecule has 2 aliphatic heterocycles. The number of imide groups is 1. The van der Waals surface area contributed by atoms with Crippen LogP contribution < -0.4 is 0 Å². The van der Waals surface area contributed by atoms with Crippen molar-refractivity contribution in [2.45, 2.75) is 39.0 Å². The fraction of sp³-hybridized carbons (Fsp3) is 0.462. The molecule has 2 heterocycles. The Kier molecular flexibility index (Phi) is 3.78. The molecule has 1 N–H and O–H groups in total. The lowest BCUT2D eigenvalue weighted by Gasteiger charge is -2.30. The highest BCUT2D eigenvalue weighted by atomic mass is 16.7. The van der Waals surface area contributed by atoms with Crippen molar-refractivity contribution in [2.75, 3.05) is 0 Å². The summed E-state index contributed by atoms with van der Waals surface area (Å²) in [5.74, 6) is -1.06. The number of hydrogen-bond acceptors (Lipinski definition) is 5. The summed E-state index contributed by atoms with van der Waals surface area (Å²) in [6.07, 6.45) is 1.48. The molecule has 20 heavy (non-hydrogen) atoms. The van der Waals surface area contributed by atoms with Crippen molar-refractivity contribution < 1.29 is 29.0 Å². The second-order valence-electron chi connectivity index (χ2n) is 4.75. The molecule has 2 rings (SSSR count). The summed E-state index contributed by atoms with van der Waals surface area (Å²) in [4.78, 5) is 34.9. The van der Waals surface area contributed by atoms with Crippen LogP contribution in [0.15, 0.2) is 23.5 Å². The van der Waals surface area contributed by atoms with Gasteiger partial charge in [0.1, 0.15) is 0 Å². The minimum Gasteiger partial charge on any atom is -0.465 e.